The van der Waals surface area contributed by atoms with Crippen molar-refractivity contribution in [2.75, 3.05) is 7.11 Å². The van der Waals surface area contributed by atoms with Crippen LogP contribution in [-0.4, -0.2) is 11.7 Å². The van der Waals surface area contributed by atoms with Gasteiger partial charge in [-0.1, -0.05) is 91.0 Å². The van der Waals surface area contributed by atoms with Gasteiger partial charge in [0.25, 0.3) is 0 Å². The predicted octanol–water partition coefficient (Wildman–Crippen LogP) is 7.18. The smallest absolute Gasteiger partial charge is 0.122 e. The number of aromatic nitrogens is 1. The van der Waals surface area contributed by atoms with Gasteiger partial charge in [-0.2, -0.15) is 0 Å². The van der Waals surface area contributed by atoms with Gasteiger partial charge in [-0.3, -0.25) is 0 Å². The van der Waals surface area contributed by atoms with Crippen LogP contribution in [0.25, 0.3) is 10.9 Å². The minimum atomic E-state index is -0.638. The summed E-state index contributed by atoms with van der Waals surface area (Å²) < 4.78 is 15.4. The van der Waals surface area contributed by atoms with Crippen molar-refractivity contribution in [1.82, 2.24) is 4.57 Å². The van der Waals surface area contributed by atoms with Gasteiger partial charge in [0.05, 0.1) is 7.11 Å². The molecule has 1 aliphatic rings. The molecule has 6 rings (SSSR count). The normalized spacial score (nSPS) is 19.1. The monoisotopic (exact) mass is 459 g/mol. The summed E-state index contributed by atoms with van der Waals surface area (Å²) in [5.41, 5.74) is 4.65. The van der Waals surface area contributed by atoms with Crippen LogP contribution in [0, 0.1) is 0 Å². The Kier molecular flexibility index (Phi) is 5.23. The molecule has 0 bridgehead atoms. The molecule has 3 heteroatoms. The highest BCUT2D eigenvalue weighted by atomic mass is 16.5. The van der Waals surface area contributed by atoms with E-state index < -0.39 is 11.2 Å². The molecule has 1 unspecified atom stereocenters. The van der Waals surface area contributed by atoms with Crippen molar-refractivity contribution in [1.29, 1.82) is 0 Å². The van der Waals surface area contributed by atoms with Crippen LogP contribution >= 0.6 is 0 Å². The molecule has 4 aromatic carbocycles. The molecule has 1 aliphatic heterocycles. The molecular weight excluding hydrogens is 430 g/mol. The maximum Gasteiger partial charge on any atom is 0.122 e. The zero-order valence-electron chi connectivity index (χ0n) is 20.1. The summed E-state index contributed by atoms with van der Waals surface area (Å²) in [5, 5.41) is 1.22. The SMILES string of the molecule is COc1cccc(C2(c3cn(C)c4ccccc34)CCC(c3ccccc3)(c3ccccc3)O2)c1. The van der Waals surface area contributed by atoms with E-state index in [0.29, 0.717) is 0 Å². The molecule has 2 heterocycles. The van der Waals surface area contributed by atoms with E-state index in [1.165, 1.54) is 27.6 Å². The van der Waals surface area contributed by atoms with E-state index in [-0.39, 0.29) is 0 Å². The number of para-hydroxylation sites is 1. The number of hydrogen-bond acceptors (Lipinski definition) is 2. The summed E-state index contributed by atoms with van der Waals surface area (Å²) in [7, 11) is 3.83. The van der Waals surface area contributed by atoms with E-state index in [4.69, 9.17) is 9.47 Å². The van der Waals surface area contributed by atoms with Gasteiger partial charge in [0.1, 0.15) is 17.0 Å². The third kappa shape index (κ3) is 3.38. The van der Waals surface area contributed by atoms with Crippen molar-refractivity contribution in [3.63, 3.8) is 0 Å². The van der Waals surface area contributed by atoms with Gasteiger partial charge >= 0.3 is 0 Å². The van der Waals surface area contributed by atoms with Gasteiger partial charge in [0, 0.05) is 29.7 Å². The number of hydrogen-bond donors (Lipinski definition) is 0. The third-order valence-corrected chi connectivity index (χ3v) is 7.53. The van der Waals surface area contributed by atoms with Crippen LogP contribution in [-0.2, 0) is 23.0 Å². The van der Waals surface area contributed by atoms with E-state index in [0.717, 1.165) is 24.2 Å². The topological polar surface area (TPSA) is 23.4 Å². The lowest BCUT2D eigenvalue weighted by Crippen LogP contribution is -2.34. The lowest BCUT2D eigenvalue weighted by atomic mass is 9.81. The Morgan fingerprint density at radius 2 is 1.29 bits per heavy atom. The Morgan fingerprint density at radius 3 is 1.97 bits per heavy atom. The molecule has 0 amide bonds. The molecule has 1 saturated heterocycles. The van der Waals surface area contributed by atoms with Crippen LogP contribution in [0.15, 0.2) is 115 Å². The van der Waals surface area contributed by atoms with Gasteiger partial charge in [-0.15, -0.1) is 0 Å². The van der Waals surface area contributed by atoms with Crippen LogP contribution in [0.2, 0.25) is 0 Å². The van der Waals surface area contributed by atoms with E-state index in [9.17, 15) is 0 Å². The Labute approximate surface area is 206 Å². The standard InChI is InChI=1S/C32H29NO2/c1-33-23-29(28-18-9-10-19-30(28)33)32(26-16-11-17-27(22-26)34-2)21-20-31(35-32,24-12-5-3-6-13-24)25-14-7-4-8-15-25/h3-19,22-23H,20-21H2,1-2H3. The molecule has 1 aromatic heterocycles. The maximum absolute atomic E-state index is 7.53. The number of fused-ring (bicyclic) bond motifs is 1. The first kappa shape index (κ1) is 21.7. The predicted molar refractivity (Wildman–Crippen MR) is 141 cm³/mol. The summed E-state index contributed by atoms with van der Waals surface area (Å²) >= 11 is 0. The average molecular weight is 460 g/mol. The van der Waals surface area contributed by atoms with Gasteiger partial charge in [0.15, 0.2) is 0 Å². The lowest BCUT2D eigenvalue weighted by molar-refractivity contribution is -0.0675. The average Bonchev–Trinajstić information content (AvgIpc) is 3.51. The Hall–Kier alpha value is -3.82. The number of ether oxygens (including phenoxy) is 2. The molecule has 35 heavy (non-hydrogen) atoms. The summed E-state index contributed by atoms with van der Waals surface area (Å²) in [5.74, 6) is 0.836. The zero-order valence-corrected chi connectivity index (χ0v) is 20.1. The molecular formula is C32H29NO2. The molecule has 0 aliphatic carbocycles. The summed E-state index contributed by atoms with van der Waals surface area (Å²) in [6.45, 7) is 0. The highest BCUT2D eigenvalue weighted by Gasteiger charge is 2.54. The van der Waals surface area contributed by atoms with Crippen molar-refractivity contribution >= 4 is 10.9 Å². The molecule has 3 nitrogen and oxygen atoms in total. The van der Waals surface area contributed by atoms with Gasteiger partial charge in [-0.25, -0.2) is 0 Å². The fraction of sp³-hybridized carbons (Fsp3) is 0.188. The van der Waals surface area contributed by atoms with Crippen molar-refractivity contribution < 1.29 is 9.47 Å². The quantitative estimate of drug-likeness (QED) is 0.278. The minimum absolute atomic E-state index is 0.567. The molecule has 174 valence electrons. The molecule has 1 atom stereocenters. The largest absolute Gasteiger partial charge is 0.497 e. The first-order valence-electron chi connectivity index (χ1n) is 12.2. The Balaban J connectivity index is 1.63. The third-order valence-electron chi connectivity index (χ3n) is 7.53. The molecule has 1 fully saturated rings. The second-order valence-electron chi connectivity index (χ2n) is 9.39. The number of rotatable bonds is 5. The fourth-order valence-electron chi connectivity index (χ4n) is 5.83. The van der Waals surface area contributed by atoms with Crippen LogP contribution in [0.3, 0.4) is 0 Å². The van der Waals surface area contributed by atoms with Gasteiger partial charge in [0.2, 0.25) is 0 Å². The highest BCUT2D eigenvalue weighted by Crippen LogP contribution is 2.57. The number of methoxy groups -OCH3 is 1. The first-order chi connectivity index (χ1) is 17.2. The first-order valence-corrected chi connectivity index (χ1v) is 12.2. The van der Waals surface area contributed by atoms with Crippen molar-refractivity contribution in [2.45, 2.75) is 24.0 Å². The van der Waals surface area contributed by atoms with E-state index in [2.05, 4.69) is 121 Å². The molecule has 0 saturated carbocycles. The minimum Gasteiger partial charge on any atom is -0.497 e. The lowest BCUT2D eigenvalue weighted by Gasteiger charge is -2.37. The maximum atomic E-state index is 7.53. The van der Waals surface area contributed by atoms with Gasteiger partial charge < -0.3 is 14.0 Å². The van der Waals surface area contributed by atoms with Gasteiger partial charge in [-0.05, 0) is 47.7 Å². The summed E-state index contributed by atoms with van der Waals surface area (Å²) in [6.07, 6.45) is 3.95. The number of benzene rings is 4. The zero-order chi connectivity index (χ0) is 23.9. The van der Waals surface area contributed by atoms with Crippen molar-refractivity contribution in [3.05, 3.63) is 138 Å². The van der Waals surface area contributed by atoms with Crippen molar-refractivity contribution in [3.8, 4) is 5.75 Å². The number of aryl methyl sites for hydroxylation is 1. The van der Waals surface area contributed by atoms with E-state index in [1.807, 2.05) is 6.07 Å². The van der Waals surface area contributed by atoms with E-state index >= 15 is 0 Å². The fourth-order valence-corrected chi connectivity index (χ4v) is 5.83. The molecule has 5 aromatic rings. The summed E-state index contributed by atoms with van der Waals surface area (Å²) in [4.78, 5) is 0. The second-order valence-corrected chi connectivity index (χ2v) is 9.39. The van der Waals surface area contributed by atoms with Crippen LogP contribution < -0.4 is 4.74 Å². The molecule has 0 radical (unpaired) electrons. The summed E-state index contributed by atoms with van der Waals surface area (Å²) in [6, 6.07) is 38.3. The molecule has 0 spiro atoms. The Bertz CT molecular complexity index is 1430. The van der Waals surface area contributed by atoms with Crippen LogP contribution in [0.5, 0.6) is 5.75 Å². The molecule has 0 N–H and O–H groups in total. The van der Waals surface area contributed by atoms with Crippen molar-refractivity contribution in [2.24, 2.45) is 7.05 Å². The van der Waals surface area contributed by atoms with E-state index in [1.54, 1.807) is 7.11 Å². The van der Waals surface area contributed by atoms with Crippen LogP contribution in [0.4, 0.5) is 0 Å². The highest BCUT2D eigenvalue weighted by molar-refractivity contribution is 5.85. The second kappa shape index (κ2) is 8.44. The van der Waals surface area contributed by atoms with Crippen LogP contribution in [0.1, 0.15) is 35.1 Å². The number of nitrogens with zero attached hydrogens (tertiary/aromatic N) is 1. The Morgan fingerprint density at radius 1 is 0.686 bits per heavy atom.